The molecule has 1 aliphatic heterocycles. The summed E-state index contributed by atoms with van der Waals surface area (Å²) in [4.78, 5) is 2.34. The van der Waals surface area contributed by atoms with Gasteiger partial charge in [-0.25, -0.2) is 0 Å². The Morgan fingerprint density at radius 3 is 2.16 bits per heavy atom. The average Bonchev–Trinajstić information content (AvgIpc) is 2.38. The van der Waals surface area contributed by atoms with E-state index < -0.39 is 0 Å². The van der Waals surface area contributed by atoms with Crippen LogP contribution in [0, 0.1) is 27.7 Å². The lowest BCUT2D eigenvalue weighted by Gasteiger charge is -2.30. The Bertz CT molecular complexity index is 424. The minimum Gasteiger partial charge on any atom is -0.387 e. The molecule has 2 N–H and O–H groups in total. The van der Waals surface area contributed by atoms with E-state index in [1.165, 1.54) is 22.3 Å². The van der Waals surface area contributed by atoms with Crippen molar-refractivity contribution in [3.63, 3.8) is 0 Å². The molecule has 19 heavy (non-hydrogen) atoms. The van der Waals surface area contributed by atoms with Crippen LogP contribution in [0.5, 0.6) is 0 Å². The first kappa shape index (κ1) is 14.5. The first-order chi connectivity index (χ1) is 9.00. The zero-order valence-corrected chi connectivity index (χ0v) is 12.6. The Kier molecular flexibility index (Phi) is 4.61. The van der Waals surface area contributed by atoms with E-state index in [1.807, 2.05) is 0 Å². The smallest absolute Gasteiger partial charge is 0.0922 e. The molecular formula is C16H26N2O. The summed E-state index contributed by atoms with van der Waals surface area (Å²) in [7, 11) is 0. The lowest BCUT2D eigenvalue weighted by atomic mass is 9.90. The third kappa shape index (κ3) is 3.16. The van der Waals surface area contributed by atoms with E-state index in [9.17, 15) is 5.11 Å². The molecule has 1 unspecified atom stereocenters. The molecule has 0 saturated carbocycles. The van der Waals surface area contributed by atoms with Crippen LogP contribution in [0.4, 0.5) is 0 Å². The molecule has 0 aliphatic carbocycles. The van der Waals surface area contributed by atoms with Gasteiger partial charge in [-0.1, -0.05) is 6.07 Å². The molecule has 1 saturated heterocycles. The van der Waals surface area contributed by atoms with Gasteiger partial charge in [0.1, 0.15) is 0 Å². The second-order valence-corrected chi connectivity index (χ2v) is 5.74. The van der Waals surface area contributed by atoms with Crippen LogP contribution in [0.1, 0.15) is 33.9 Å². The van der Waals surface area contributed by atoms with Gasteiger partial charge in [0.2, 0.25) is 0 Å². The SMILES string of the molecule is Cc1cc(C)c(C)c(C(O)CN2CCNCC2)c1C. The van der Waals surface area contributed by atoms with Crippen molar-refractivity contribution in [3.05, 3.63) is 33.9 Å². The fourth-order valence-electron chi connectivity index (χ4n) is 2.98. The van der Waals surface area contributed by atoms with E-state index in [4.69, 9.17) is 0 Å². The monoisotopic (exact) mass is 262 g/mol. The molecule has 0 amide bonds. The largest absolute Gasteiger partial charge is 0.387 e. The molecule has 1 aromatic carbocycles. The highest BCUT2D eigenvalue weighted by Gasteiger charge is 2.20. The maximum atomic E-state index is 10.6. The Labute approximate surface area is 116 Å². The number of nitrogens with zero attached hydrogens (tertiary/aromatic N) is 1. The van der Waals surface area contributed by atoms with Gasteiger partial charge in [-0.05, 0) is 55.5 Å². The number of aliphatic hydroxyl groups excluding tert-OH is 1. The number of β-amino-alcohol motifs (C(OH)–C–C–N with tert-alkyl or cyclic N) is 1. The van der Waals surface area contributed by atoms with E-state index >= 15 is 0 Å². The standard InChI is InChI=1S/C16H26N2O/c1-11-9-12(2)14(4)16(13(11)3)15(19)10-18-7-5-17-6-8-18/h9,15,17,19H,5-8,10H2,1-4H3. The molecule has 1 atom stereocenters. The van der Waals surface area contributed by atoms with E-state index in [0.29, 0.717) is 0 Å². The van der Waals surface area contributed by atoms with Crippen molar-refractivity contribution in [3.8, 4) is 0 Å². The molecular weight excluding hydrogens is 236 g/mol. The van der Waals surface area contributed by atoms with Gasteiger partial charge in [-0.15, -0.1) is 0 Å². The molecule has 0 spiro atoms. The topological polar surface area (TPSA) is 35.5 Å². The van der Waals surface area contributed by atoms with Gasteiger partial charge in [-0.3, -0.25) is 4.90 Å². The van der Waals surface area contributed by atoms with Crippen LogP contribution < -0.4 is 5.32 Å². The summed E-state index contributed by atoms with van der Waals surface area (Å²) in [5, 5.41) is 14.0. The maximum absolute atomic E-state index is 10.6. The minimum atomic E-state index is -0.378. The first-order valence-electron chi connectivity index (χ1n) is 7.19. The van der Waals surface area contributed by atoms with Crippen LogP contribution in [0.25, 0.3) is 0 Å². The number of piperazine rings is 1. The molecule has 1 heterocycles. The summed E-state index contributed by atoms with van der Waals surface area (Å²) in [6.07, 6.45) is -0.378. The van der Waals surface area contributed by atoms with Crippen LogP contribution >= 0.6 is 0 Å². The Hall–Kier alpha value is -0.900. The van der Waals surface area contributed by atoms with Crippen LogP contribution in [-0.4, -0.2) is 42.7 Å². The predicted molar refractivity (Wildman–Crippen MR) is 79.7 cm³/mol. The van der Waals surface area contributed by atoms with Crippen LogP contribution in [0.3, 0.4) is 0 Å². The fraction of sp³-hybridized carbons (Fsp3) is 0.625. The molecule has 0 aromatic heterocycles. The van der Waals surface area contributed by atoms with E-state index in [2.05, 4.69) is 44.0 Å². The zero-order valence-electron chi connectivity index (χ0n) is 12.6. The molecule has 3 nitrogen and oxygen atoms in total. The molecule has 0 radical (unpaired) electrons. The van der Waals surface area contributed by atoms with Gasteiger partial charge in [0.25, 0.3) is 0 Å². The molecule has 106 valence electrons. The third-order valence-corrected chi connectivity index (χ3v) is 4.40. The first-order valence-corrected chi connectivity index (χ1v) is 7.19. The highest BCUT2D eigenvalue weighted by Crippen LogP contribution is 2.27. The van der Waals surface area contributed by atoms with Gasteiger partial charge in [0.15, 0.2) is 0 Å². The maximum Gasteiger partial charge on any atom is 0.0922 e. The molecule has 2 rings (SSSR count). The minimum absolute atomic E-state index is 0.378. The lowest BCUT2D eigenvalue weighted by Crippen LogP contribution is -2.45. The van der Waals surface area contributed by atoms with Crippen molar-refractivity contribution in [1.82, 2.24) is 10.2 Å². The molecule has 1 aromatic rings. The average molecular weight is 262 g/mol. The van der Waals surface area contributed by atoms with Crippen molar-refractivity contribution in [2.75, 3.05) is 32.7 Å². The number of benzene rings is 1. The van der Waals surface area contributed by atoms with Gasteiger partial charge >= 0.3 is 0 Å². The number of aryl methyl sites for hydroxylation is 2. The number of rotatable bonds is 3. The number of hydrogen-bond donors (Lipinski definition) is 2. The van der Waals surface area contributed by atoms with Crippen LogP contribution in [0.15, 0.2) is 6.07 Å². The summed E-state index contributed by atoms with van der Waals surface area (Å²) in [5.74, 6) is 0. The van der Waals surface area contributed by atoms with Gasteiger partial charge in [0.05, 0.1) is 6.10 Å². The molecule has 0 bridgehead atoms. The van der Waals surface area contributed by atoms with Crippen molar-refractivity contribution < 1.29 is 5.11 Å². The zero-order chi connectivity index (χ0) is 14.0. The lowest BCUT2D eigenvalue weighted by molar-refractivity contribution is 0.104. The molecule has 1 aliphatic rings. The fourth-order valence-corrected chi connectivity index (χ4v) is 2.98. The summed E-state index contributed by atoms with van der Waals surface area (Å²) in [6.45, 7) is 13.4. The number of nitrogens with one attached hydrogen (secondary N) is 1. The predicted octanol–water partition coefficient (Wildman–Crippen LogP) is 1.86. The molecule has 3 heteroatoms. The quantitative estimate of drug-likeness (QED) is 0.873. The third-order valence-electron chi connectivity index (χ3n) is 4.40. The van der Waals surface area contributed by atoms with Crippen molar-refractivity contribution in [2.45, 2.75) is 33.8 Å². The van der Waals surface area contributed by atoms with E-state index in [0.717, 1.165) is 38.3 Å². The Morgan fingerprint density at radius 1 is 1.11 bits per heavy atom. The van der Waals surface area contributed by atoms with Crippen LogP contribution in [0.2, 0.25) is 0 Å². The normalized spacial score (nSPS) is 18.6. The summed E-state index contributed by atoms with van der Waals surface area (Å²) >= 11 is 0. The summed E-state index contributed by atoms with van der Waals surface area (Å²) < 4.78 is 0. The van der Waals surface area contributed by atoms with Gasteiger partial charge in [-0.2, -0.15) is 0 Å². The van der Waals surface area contributed by atoms with Crippen molar-refractivity contribution >= 4 is 0 Å². The summed E-state index contributed by atoms with van der Waals surface area (Å²) in [5.41, 5.74) is 6.17. The van der Waals surface area contributed by atoms with E-state index in [-0.39, 0.29) is 6.10 Å². The molecule has 1 fully saturated rings. The second-order valence-electron chi connectivity index (χ2n) is 5.74. The number of aliphatic hydroxyl groups is 1. The van der Waals surface area contributed by atoms with E-state index in [1.54, 1.807) is 0 Å². The number of hydrogen-bond acceptors (Lipinski definition) is 3. The Morgan fingerprint density at radius 2 is 1.63 bits per heavy atom. The highest BCUT2D eigenvalue weighted by molar-refractivity contribution is 5.45. The van der Waals surface area contributed by atoms with Gasteiger partial charge < -0.3 is 10.4 Å². The van der Waals surface area contributed by atoms with Crippen LogP contribution in [-0.2, 0) is 0 Å². The highest BCUT2D eigenvalue weighted by atomic mass is 16.3. The Balaban J connectivity index is 2.20. The summed E-state index contributed by atoms with van der Waals surface area (Å²) in [6, 6.07) is 2.21. The van der Waals surface area contributed by atoms with Crippen molar-refractivity contribution in [2.24, 2.45) is 0 Å². The second kappa shape index (κ2) is 6.04. The van der Waals surface area contributed by atoms with Crippen molar-refractivity contribution in [1.29, 1.82) is 0 Å². The van der Waals surface area contributed by atoms with Gasteiger partial charge in [0, 0.05) is 32.7 Å².